The number of nitrogens with zero attached hydrogens (tertiary/aromatic N) is 1. The number of pyridine rings is 1. The van der Waals surface area contributed by atoms with Crippen molar-refractivity contribution in [3.05, 3.63) is 28.5 Å². The van der Waals surface area contributed by atoms with Crippen molar-refractivity contribution in [1.82, 2.24) is 10.3 Å². The number of halogens is 1. The standard InChI is InChI=1S/C13H15ClN2/c14-12-6-2-8-10(16-12)3-1-7-9-4-5-11(15-9)13(7)8/h2,6-7,9,11,13,15H,1,3-5H2/t7-,9-,11+,13+/m0/s1. The minimum absolute atomic E-state index is 0.647. The largest absolute Gasteiger partial charge is 0.310 e. The maximum Gasteiger partial charge on any atom is 0.129 e. The van der Waals surface area contributed by atoms with Crippen molar-refractivity contribution in [3.63, 3.8) is 0 Å². The van der Waals surface area contributed by atoms with Gasteiger partial charge in [-0.3, -0.25) is 0 Å². The SMILES string of the molecule is Clc1ccc2c(n1)CC[C@@H]1[C@H]2[C@H]2CC[C@@H]1N2. The fraction of sp³-hybridized carbons (Fsp3) is 0.615. The Kier molecular flexibility index (Phi) is 1.89. The van der Waals surface area contributed by atoms with Gasteiger partial charge in [0, 0.05) is 23.7 Å². The Labute approximate surface area is 100 Å². The molecule has 3 heteroatoms. The molecule has 3 heterocycles. The molecule has 2 bridgehead atoms. The second-order valence-corrected chi connectivity index (χ2v) is 5.74. The Hall–Kier alpha value is -0.600. The van der Waals surface area contributed by atoms with Crippen LogP contribution in [0.4, 0.5) is 0 Å². The van der Waals surface area contributed by atoms with E-state index in [1.54, 1.807) is 0 Å². The fourth-order valence-corrected chi connectivity index (χ4v) is 4.26. The Morgan fingerprint density at radius 2 is 2.06 bits per heavy atom. The zero-order chi connectivity index (χ0) is 10.7. The first-order valence-electron chi connectivity index (χ1n) is 6.24. The maximum absolute atomic E-state index is 5.97. The van der Waals surface area contributed by atoms with E-state index in [0.717, 1.165) is 18.4 Å². The normalized spacial score (nSPS) is 39.6. The molecule has 0 radical (unpaired) electrons. The lowest BCUT2D eigenvalue weighted by molar-refractivity contribution is 0.317. The van der Waals surface area contributed by atoms with Crippen LogP contribution in [-0.4, -0.2) is 17.1 Å². The average molecular weight is 235 g/mol. The predicted octanol–water partition coefficient (Wildman–Crippen LogP) is 2.52. The van der Waals surface area contributed by atoms with Gasteiger partial charge in [-0.15, -0.1) is 0 Å². The van der Waals surface area contributed by atoms with E-state index < -0.39 is 0 Å². The van der Waals surface area contributed by atoms with Crippen molar-refractivity contribution in [2.45, 2.75) is 43.7 Å². The van der Waals surface area contributed by atoms with Crippen molar-refractivity contribution < 1.29 is 0 Å². The van der Waals surface area contributed by atoms with E-state index in [-0.39, 0.29) is 0 Å². The van der Waals surface area contributed by atoms with Crippen LogP contribution >= 0.6 is 11.6 Å². The molecule has 0 amide bonds. The van der Waals surface area contributed by atoms with Crippen molar-refractivity contribution in [1.29, 1.82) is 0 Å². The van der Waals surface area contributed by atoms with Crippen LogP contribution in [0.5, 0.6) is 0 Å². The van der Waals surface area contributed by atoms with E-state index in [9.17, 15) is 0 Å². The number of aryl methyl sites for hydroxylation is 1. The molecular weight excluding hydrogens is 220 g/mol. The molecule has 2 saturated heterocycles. The third-order valence-electron chi connectivity index (χ3n) is 4.68. The highest BCUT2D eigenvalue weighted by atomic mass is 35.5. The van der Waals surface area contributed by atoms with Gasteiger partial charge < -0.3 is 5.32 Å². The monoisotopic (exact) mass is 234 g/mol. The first kappa shape index (κ1) is 9.43. The van der Waals surface area contributed by atoms with Gasteiger partial charge in [-0.1, -0.05) is 17.7 Å². The molecule has 1 aromatic rings. The summed E-state index contributed by atoms with van der Waals surface area (Å²) in [5.74, 6) is 1.57. The number of fused-ring (bicyclic) bond motifs is 7. The van der Waals surface area contributed by atoms with E-state index in [4.69, 9.17) is 11.6 Å². The molecule has 4 atom stereocenters. The van der Waals surface area contributed by atoms with E-state index in [1.165, 1.54) is 30.5 Å². The molecule has 1 aromatic heterocycles. The number of aromatic nitrogens is 1. The van der Waals surface area contributed by atoms with Gasteiger partial charge in [0.05, 0.1) is 0 Å². The van der Waals surface area contributed by atoms with Gasteiger partial charge in [0.1, 0.15) is 5.15 Å². The van der Waals surface area contributed by atoms with Crippen LogP contribution in [0.3, 0.4) is 0 Å². The molecule has 0 spiro atoms. The molecule has 16 heavy (non-hydrogen) atoms. The van der Waals surface area contributed by atoms with Crippen molar-refractivity contribution >= 4 is 11.6 Å². The van der Waals surface area contributed by atoms with Gasteiger partial charge in [0.15, 0.2) is 0 Å². The van der Waals surface area contributed by atoms with Gasteiger partial charge in [0.25, 0.3) is 0 Å². The average Bonchev–Trinajstić information content (AvgIpc) is 2.89. The molecule has 2 fully saturated rings. The highest BCUT2D eigenvalue weighted by Crippen LogP contribution is 2.49. The molecule has 0 aromatic carbocycles. The van der Waals surface area contributed by atoms with E-state index >= 15 is 0 Å². The van der Waals surface area contributed by atoms with Gasteiger partial charge >= 0.3 is 0 Å². The second-order valence-electron chi connectivity index (χ2n) is 5.36. The second kappa shape index (κ2) is 3.21. The highest BCUT2D eigenvalue weighted by Gasteiger charge is 2.49. The summed E-state index contributed by atoms with van der Waals surface area (Å²) in [6, 6.07) is 5.65. The Balaban J connectivity index is 1.82. The van der Waals surface area contributed by atoms with Crippen LogP contribution in [-0.2, 0) is 6.42 Å². The number of rotatable bonds is 0. The number of hydrogen-bond donors (Lipinski definition) is 1. The van der Waals surface area contributed by atoms with Crippen LogP contribution in [0.25, 0.3) is 0 Å². The molecule has 84 valence electrons. The molecule has 4 rings (SSSR count). The highest BCUT2D eigenvalue weighted by molar-refractivity contribution is 6.29. The zero-order valence-corrected chi connectivity index (χ0v) is 9.87. The minimum atomic E-state index is 0.647. The molecular formula is C13H15ClN2. The Bertz CT molecular complexity index is 446. The zero-order valence-electron chi connectivity index (χ0n) is 9.12. The van der Waals surface area contributed by atoms with Gasteiger partial charge in [-0.05, 0) is 43.2 Å². The summed E-state index contributed by atoms with van der Waals surface area (Å²) < 4.78 is 0. The summed E-state index contributed by atoms with van der Waals surface area (Å²) in [4.78, 5) is 4.50. The molecule has 2 nitrogen and oxygen atoms in total. The lowest BCUT2D eigenvalue weighted by Crippen LogP contribution is -2.30. The third-order valence-corrected chi connectivity index (χ3v) is 4.89. The summed E-state index contributed by atoms with van der Waals surface area (Å²) >= 11 is 5.97. The lowest BCUT2D eigenvalue weighted by Gasteiger charge is -2.34. The third kappa shape index (κ3) is 1.15. The van der Waals surface area contributed by atoms with Crippen molar-refractivity contribution in [2.75, 3.05) is 0 Å². The van der Waals surface area contributed by atoms with Crippen LogP contribution in [0.1, 0.15) is 36.4 Å². The summed E-state index contributed by atoms with van der Waals surface area (Å²) in [5.41, 5.74) is 2.73. The quantitative estimate of drug-likeness (QED) is 0.698. The fourth-order valence-electron chi connectivity index (χ4n) is 4.09. The summed E-state index contributed by atoms with van der Waals surface area (Å²) in [7, 11) is 0. The first-order valence-corrected chi connectivity index (χ1v) is 6.62. The molecule has 3 aliphatic rings. The lowest BCUT2D eigenvalue weighted by atomic mass is 9.69. The first-order chi connectivity index (χ1) is 7.83. The molecule has 2 aliphatic heterocycles. The van der Waals surface area contributed by atoms with E-state index in [1.807, 2.05) is 6.07 Å². The van der Waals surface area contributed by atoms with Crippen LogP contribution in [0, 0.1) is 5.92 Å². The van der Waals surface area contributed by atoms with E-state index in [2.05, 4.69) is 16.4 Å². The number of nitrogens with one attached hydrogen (secondary N) is 1. The van der Waals surface area contributed by atoms with Crippen molar-refractivity contribution in [2.24, 2.45) is 5.92 Å². The van der Waals surface area contributed by atoms with Crippen molar-refractivity contribution in [3.8, 4) is 0 Å². The smallest absolute Gasteiger partial charge is 0.129 e. The minimum Gasteiger partial charge on any atom is -0.310 e. The van der Waals surface area contributed by atoms with E-state index in [0.29, 0.717) is 17.1 Å². The molecule has 1 N–H and O–H groups in total. The summed E-state index contributed by atoms with van der Waals surface area (Å²) in [6.07, 6.45) is 5.12. The maximum atomic E-state index is 5.97. The number of hydrogen-bond acceptors (Lipinski definition) is 2. The Morgan fingerprint density at radius 1 is 1.19 bits per heavy atom. The van der Waals surface area contributed by atoms with Crippen LogP contribution < -0.4 is 5.32 Å². The topological polar surface area (TPSA) is 24.9 Å². The molecule has 0 unspecified atom stereocenters. The predicted molar refractivity (Wildman–Crippen MR) is 63.7 cm³/mol. The van der Waals surface area contributed by atoms with Crippen LogP contribution in [0.15, 0.2) is 12.1 Å². The Morgan fingerprint density at radius 3 is 3.00 bits per heavy atom. The molecule has 1 aliphatic carbocycles. The summed E-state index contributed by atoms with van der Waals surface area (Å²) in [6.45, 7) is 0. The molecule has 0 saturated carbocycles. The van der Waals surface area contributed by atoms with Gasteiger partial charge in [-0.25, -0.2) is 4.98 Å². The summed E-state index contributed by atoms with van der Waals surface area (Å²) in [5, 5.41) is 4.41. The van der Waals surface area contributed by atoms with Gasteiger partial charge in [-0.2, -0.15) is 0 Å². The van der Waals surface area contributed by atoms with Crippen LogP contribution in [0.2, 0.25) is 5.15 Å². The van der Waals surface area contributed by atoms with Gasteiger partial charge in [0.2, 0.25) is 0 Å².